The van der Waals surface area contributed by atoms with E-state index in [1.165, 1.54) is 18.2 Å². The molecule has 0 spiro atoms. The first-order valence-electron chi connectivity index (χ1n) is 5.20. The fourth-order valence-electron chi connectivity index (χ4n) is 1.59. The van der Waals surface area contributed by atoms with Crippen LogP contribution in [0.5, 0.6) is 0 Å². The smallest absolute Gasteiger partial charge is 0.168 e. The maximum Gasteiger partial charge on any atom is 0.168 e. The number of nitrogens with two attached hydrogens (primary N) is 1. The molecular weight excluding hydrogens is 236 g/mol. The van der Waals surface area contributed by atoms with Gasteiger partial charge in [-0.2, -0.15) is 5.26 Å². The Morgan fingerprint density at radius 3 is 2.72 bits per heavy atom. The predicted octanol–water partition coefficient (Wildman–Crippen LogP) is 2.68. The van der Waals surface area contributed by atoms with Crippen LogP contribution in [0.2, 0.25) is 0 Å². The summed E-state index contributed by atoms with van der Waals surface area (Å²) in [4.78, 5) is 4.08. The fraction of sp³-hybridized carbons (Fsp3) is 0.0769. The van der Waals surface area contributed by atoms with E-state index >= 15 is 0 Å². The summed E-state index contributed by atoms with van der Waals surface area (Å²) in [5.41, 5.74) is 6.55. The summed E-state index contributed by atoms with van der Waals surface area (Å²) < 4.78 is 26.8. The van der Waals surface area contributed by atoms with Crippen LogP contribution in [0.25, 0.3) is 11.3 Å². The molecule has 1 heterocycles. The van der Waals surface area contributed by atoms with Gasteiger partial charge in [-0.15, -0.1) is 0 Å². The number of aromatic nitrogens is 1. The third-order valence-electron chi connectivity index (χ3n) is 2.45. The summed E-state index contributed by atoms with van der Waals surface area (Å²) in [5.74, 6) is -1.95. The number of halogens is 2. The van der Waals surface area contributed by atoms with Crippen LogP contribution in [0.1, 0.15) is 5.69 Å². The topological polar surface area (TPSA) is 62.7 Å². The van der Waals surface area contributed by atoms with Crippen LogP contribution in [-0.4, -0.2) is 4.98 Å². The van der Waals surface area contributed by atoms with E-state index in [9.17, 15) is 8.78 Å². The minimum absolute atomic E-state index is 0.00714. The molecule has 0 bridgehead atoms. The molecule has 0 radical (unpaired) electrons. The van der Waals surface area contributed by atoms with Gasteiger partial charge in [-0.05, 0) is 24.3 Å². The Labute approximate surface area is 103 Å². The lowest BCUT2D eigenvalue weighted by atomic mass is 10.1. The monoisotopic (exact) mass is 245 g/mol. The fourth-order valence-corrected chi connectivity index (χ4v) is 1.59. The SMILES string of the molecule is N#CCc1ccc(N)c(-c2cccc(F)c2F)n1. The third-order valence-corrected chi connectivity index (χ3v) is 2.45. The van der Waals surface area contributed by atoms with Crippen LogP contribution >= 0.6 is 0 Å². The molecule has 0 saturated heterocycles. The Morgan fingerprint density at radius 2 is 2.00 bits per heavy atom. The molecule has 2 aromatic rings. The van der Waals surface area contributed by atoms with Crippen molar-refractivity contribution in [2.24, 2.45) is 0 Å². The van der Waals surface area contributed by atoms with Crippen molar-refractivity contribution in [3.8, 4) is 17.3 Å². The number of nitrogens with zero attached hydrogens (tertiary/aromatic N) is 2. The normalized spacial score (nSPS) is 10.1. The maximum atomic E-state index is 13.6. The molecule has 0 aliphatic rings. The molecular formula is C13H9F2N3. The second kappa shape index (κ2) is 4.80. The zero-order valence-electron chi connectivity index (χ0n) is 9.32. The first-order valence-corrected chi connectivity index (χ1v) is 5.20. The third kappa shape index (κ3) is 2.13. The van der Waals surface area contributed by atoms with E-state index in [2.05, 4.69) is 4.98 Å². The van der Waals surface area contributed by atoms with Gasteiger partial charge in [0.15, 0.2) is 11.6 Å². The van der Waals surface area contributed by atoms with Crippen molar-refractivity contribution in [2.75, 3.05) is 5.73 Å². The highest BCUT2D eigenvalue weighted by molar-refractivity contribution is 5.73. The van der Waals surface area contributed by atoms with Crippen molar-refractivity contribution < 1.29 is 8.78 Å². The number of anilines is 1. The first-order chi connectivity index (χ1) is 8.63. The maximum absolute atomic E-state index is 13.6. The van der Waals surface area contributed by atoms with Crippen LogP contribution < -0.4 is 5.73 Å². The summed E-state index contributed by atoms with van der Waals surface area (Å²) >= 11 is 0. The molecule has 2 N–H and O–H groups in total. The van der Waals surface area contributed by atoms with Gasteiger partial charge in [0.05, 0.1) is 29.6 Å². The molecule has 18 heavy (non-hydrogen) atoms. The molecule has 5 heteroatoms. The van der Waals surface area contributed by atoms with Gasteiger partial charge >= 0.3 is 0 Å². The van der Waals surface area contributed by atoms with E-state index in [1.807, 2.05) is 6.07 Å². The lowest BCUT2D eigenvalue weighted by Crippen LogP contribution is -2.00. The number of nitrogen functional groups attached to an aromatic ring is 1. The molecule has 0 aliphatic heterocycles. The molecule has 0 saturated carbocycles. The highest BCUT2D eigenvalue weighted by Gasteiger charge is 2.14. The quantitative estimate of drug-likeness (QED) is 0.884. The van der Waals surface area contributed by atoms with E-state index in [4.69, 9.17) is 11.0 Å². The molecule has 0 aliphatic carbocycles. The molecule has 0 fully saturated rings. The number of nitriles is 1. The molecule has 0 atom stereocenters. The minimum atomic E-state index is -0.995. The lowest BCUT2D eigenvalue weighted by molar-refractivity contribution is 0.511. The molecule has 2 rings (SSSR count). The lowest BCUT2D eigenvalue weighted by Gasteiger charge is -2.08. The molecule has 0 amide bonds. The van der Waals surface area contributed by atoms with Gasteiger partial charge in [0, 0.05) is 5.56 Å². The van der Waals surface area contributed by atoms with Crippen LogP contribution in [0.3, 0.4) is 0 Å². The Hall–Kier alpha value is -2.48. The second-order valence-corrected chi connectivity index (χ2v) is 3.68. The van der Waals surface area contributed by atoms with E-state index in [-0.39, 0.29) is 23.4 Å². The van der Waals surface area contributed by atoms with Crippen LogP contribution in [0, 0.1) is 23.0 Å². The summed E-state index contributed by atoms with van der Waals surface area (Å²) in [6, 6.07) is 8.85. The van der Waals surface area contributed by atoms with Gasteiger partial charge in [-0.25, -0.2) is 13.8 Å². The Balaban J connectivity index is 2.60. The van der Waals surface area contributed by atoms with Gasteiger partial charge in [0.2, 0.25) is 0 Å². The van der Waals surface area contributed by atoms with Gasteiger partial charge in [-0.1, -0.05) is 6.07 Å². The standard InChI is InChI=1S/C13H9F2N3/c14-10-3-1-2-9(12(10)15)13-11(17)5-4-8(18-13)6-7-16/h1-5H,6,17H2. The van der Waals surface area contributed by atoms with Crippen LogP contribution in [0.15, 0.2) is 30.3 Å². The molecule has 90 valence electrons. The number of hydrogen-bond donors (Lipinski definition) is 1. The van der Waals surface area contributed by atoms with Crippen molar-refractivity contribution in [3.05, 3.63) is 47.7 Å². The number of rotatable bonds is 2. The highest BCUT2D eigenvalue weighted by atomic mass is 19.2. The molecule has 1 aromatic carbocycles. The largest absolute Gasteiger partial charge is 0.397 e. The van der Waals surface area contributed by atoms with Gasteiger partial charge in [0.25, 0.3) is 0 Å². The van der Waals surface area contributed by atoms with Crippen molar-refractivity contribution in [2.45, 2.75) is 6.42 Å². The van der Waals surface area contributed by atoms with Gasteiger partial charge < -0.3 is 5.73 Å². The Morgan fingerprint density at radius 1 is 1.22 bits per heavy atom. The van der Waals surface area contributed by atoms with Gasteiger partial charge in [-0.3, -0.25) is 0 Å². The summed E-state index contributed by atoms with van der Waals surface area (Å²) in [5, 5.41) is 8.59. The summed E-state index contributed by atoms with van der Waals surface area (Å²) in [6.45, 7) is 0. The number of pyridine rings is 1. The van der Waals surface area contributed by atoms with E-state index < -0.39 is 11.6 Å². The zero-order chi connectivity index (χ0) is 13.1. The van der Waals surface area contributed by atoms with Crippen molar-refractivity contribution in [1.29, 1.82) is 5.26 Å². The highest BCUT2D eigenvalue weighted by Crippen LogP contribution is 2.27. The van der Waals surface area contributed by atoms with E-state index in [0.717, 1.165) is 6.07 Å². The zero-order valence-corrected chi connectivity index (χ0v) is 9.32. The van der Waals surface area contributed by atoms with Crippen LogP contribution in [0.4, 0.5) is 14.5 Å². The average molecular weight is 245 g/mol. The van der Waals surface area contributed by atoms with E-state index in [1.54, 1.807) is 6.07 Å². The molecule has 1 aromatic heterocycles. The van der Waals surface area contributed by atoms with E-state index in [0.29, 0.717) is 5.69 Å². The molecule has 0 unspecified atom stereocenters. The van der Waals surface area contributed by atoms with Crippen molar-refractivity contribution in [1.82, 2.24) is 4.98 Å². The summed E-state index contributed by atoms with van der Waals surface area (Å²) in [6.07, 6.45) is 0.0875. The second-order valence-electron chi connectivity index (χ2n) is 3.68. The Kier molecular flexibility index (Phi) is 3.20. The predicted molar refractivity (Wildman–Crippen MR) is 63.3 cm³/mol. The molecule has 3 nitrogen and oxygen atoms in total. The van der Waals surface area contributed by atoms with Crippen LogP contribution in [-0.2, 0) is 6.42 Å². The minimum Gasteiger partial charge on any atom is -0.397 e. The first kappa shape index (κ1) is 12.0. The Bertz CT molecular complexity index is 633. The average Bonchev–Trinajstić information content (AvgIpc) is 2.36. The number of benzene rings is 1. The van der Waals surface area contributed by atoms with Crippen molar-refractivity contribution >= 4 is 5.69 Å². The van der Waals surface area contributed by atoms with Crippen molar-refractivity contribution in [3.63, 3.8) is 0 Å². The summed E-state index contributed by atoms with van der Waals surface area (Å²) in [7, 11) is 0. The number of hydrogen-bond acceptors (Lipinski definition) is 3. The van der Waals surface area contributed by atoms with Gasteiger partial charge in [0.1, 0.15) is 0 Å².